The molecule has 2 nitrogen and oxygen atoms in total. The average Bonchev–Trinajstić information content (AvgIpc) is 2.85. The fraction of sp³-hybridized carbons (Fsp3) is 0.400. The lowest BCUT2D eigenvalue weighted by molar-refractivity contribution is 0.544. The van der Waals surface area contributed by atoms with E-state index in [1.165, 1.54) is 11.1 Å². The highest BCUT2D eigenvalue weighted by molar-refractivity contribution is 7.07. The lowest BCUT2D eigenvalue weighted by Gasteiger charge is -2.18. The number of nitrogens with one attached hydrogen (secondary N) is 1. The zero-order valence-corrected chi connectivity index (χ0v) is 12.1. The van der Waals surface area contributed by atoms with Gasteiger partial charge >= 0.3 is 0 Å². The molecule has 1 unspecified atom stereocenters. The summed E-state index contributed by atoms with van der Waals surface area (Å²) in [5.41, 5.74) is 4.97. The van der Waals surface area contributed by atoms with Crippen molar-refractivity contribution in [3.8, 4) is 0 Å². The molecule has 3 heteroatoms. The van der Waals surface area contributed by atoms with Gasteiger partial charge in [-0.3, -0.25) is 4.98 Å². The molecule has 2 aromatic heterocycles. The molecule has 1 atom stereocenters. The second-order valence-corrected chi connectivity index (χ2v) is 5.42. The molecule has 0 aromatic carbocycles. The Balaban J connectivity index is 2.08. The van der Waals surface area contributed by atoms with Crippen LogP contribution in [0.1, 0.15) is 35.0 Å². The normalized spacial score (nSPS) is 12.6. The molecule has 0 bridgehead atoms. The topological polar surface area (TPSA) is 24.9 Å². The number of hydrogen-bond donors (Lipinski definition) is 1. The molecule has 2 rings (SSSR count). The van der Waals surface area contributed by atoms with Crippen molar-refractivity contribution in [1.82, 2.24) is 10.3 Å². The summed E-state index contributed by atoms with van der Waals surface area (Å²) in [5.74, 6) is 0. The maximum Gasteiger partial charge on any atom is 0.0423 e. The largest absolute Gasteiger partial charge is 0.313 e. The van der Waals surface area contributed by atoms with E-state index in [1.807, 2.05) is 14.0 Å². The molecule has 0 fully saturated rings. The highest BCUT2D eigenvalue weighted by Gasteiger charge is 2.12. The average molecular weight is 260 g/mol. The summed E-state index contributed by atoms with van der Waals surface area (Å²) in [6.07, 6.45) is 2.22. The number of thiophene rings is 1. The number of pyridine rings is 1. The molecule has 0 saturated carbocycles. The van der Waals surface area contributed by atoms with E-state index in [0.717, 1.165) is 24.2 Å². The highest BCUT2D eigenvalue weighted by Crippen LogP contribution is 2.22. The van der Waals surface area contributed by atoms with E-state index < -0.39 is 0 Å². The summed E-state index contributed by atoms with van der Waals surface area (Å²) >= 11 is 1.77. The van der Waals surface area contributed by atoms with E-state index in [1.54, 1.807) is 11.3 Å². The highest BCUT2D eigenvalue weighted by atomic mass is 32.1. The van der Waals surface area contributed by atoms with Crippen molar-refractivity contribution in [1.29, 1.82) is 0 Å². The van der Waals surface area contributed by atoms with Crippen molar-refractivity contribution < 1.29 is 0 Å². The van der Waals surface area contributed by atoms with E-state index in [2.05, 4.69) is 46.2 Å². The van der Waals surface area contributed by atoms with Gasteiger partial charge in [-0.25, -0.2) is 0 Å². The van der Waals surface area contributed by atoms with Crippen LogP contribution in [-0.4, -0.2) is 12.0 Å². The Morgan fingerprint density at radius 1 is 1.28 bits per heavy atom. The van der Waals surface area contributed by atoms with Gasteiger partial charge in [0.2, 0.25) is 0 Å². The maximum absolute atomic E-state index is 4.55. The maximum atomic E-state index is 4.55. The van der Waals surface area contributed by atoms with Crippen LogP contribution in [-0.2, 0) is 6.42 Å². The summed E-state index contributed by atoms with van der Waals surface area (Å²) in [5, 5.41) is 7.77. The van der Waals surface area contributed by atoms with Crippen LogP contribution in [0.25, 0.3) is 0 Å². The number of aromatic nitrogens is 1. The lowest BCUT2D eigenvalue weighted by Crippen LogP contribution is -2.18. The summed E-state index contributed by atoms with van der Waals surface area (Å²) in [4.78, 5) is 4.55. The van der Waals surface area contributed by atoms with Crippen LogP contribution in [0, 0.1) is 13.8 Å². The smallest absolute Gasteiger partial charge is 0.0423 e. The van der Waals surface area contributed by atoms with E-state index in [-0.39, 0.29) is 0 Å². The molecule has 96 valence electrons. The van der Waals surface area contributed by atoms with Crippen molar-refractivity contribution >= 4 is 11.3 Å². The van der Waals surface area contributed by atoms with Gasteiger partial charge in [0.25, 0.3) is 0 Å². The first-order valence-corrected chi connectivity index (χ1v) is 7.27. The van der Waals surface area contributed by atoms with Gasteiger partial charge < -0.3 is 5.32 Å². The number of rotatable bonds is 5. The van der Waals surface area contributed by atoms with Gasteiger partial charge in [-0.1, -0.05) is 6.07 Å². The zero-order chi connectivity index (χ0) is 13.0. The van der Waals surface area contributed by atoms with Crippen LogP contribution >= 0.6 is 11.3 Å². The Kier molecular flexibility index (Phi) is 4.50. The van der Waals surface area contributed by atoms with Crippen LogP contribution in [0.3, 0.4) is 0 Å². The molecule has 2 aromatic rings. The van der Waals surface area contributed by atoms with Gasteiger partial charge in [0.1, 0.15) is 0 Å². The van der Waals surface area contributed by atoms with Gasteiger partial charge in [-0.15, -0.1) is 0 Å². The van der Waals surface area contributed by atoms with Gasteiger partial charge in [0.15, 0.2) is 0 Å². The molecular formula is C15H20N2S. The molecule has 0 aliphatic carbocycles. The third-order valence-corrected chi connectivity index (χ3v) is 4.02. The zero-order valence-electron chi connectivity index (χ0n) is 11.2. The SMILES string of the molecule is CNC(CCc1ccsc1)c1ccc(C)nc1C. The Morgan fingerprint density at radius 3 is 2.72 bits per heavy atom. The molecule has 2 heterocycles. The van der Waals surface area contributed by atoms with Gasteiger partial charge in [0.05, 0.1) is 0 Å². The minimum Gasteiger partial charge on any atom is -0.313 e. The number of aryl methyl sites for hydroxylation is 3. The number of nitrogens with zero attached hydrogens (tertiary/aromatic N) is 1. The molecule has 0 saturated heterocycles. The second kappa shape index (κ2) is 6.12. The fourth-order valence-electron chi connectivity index (χ4n) is 2.27. The Bertz CT molecular complexity index is 491. The third-order valence-electron chi connectivity index (χ3n) is 3.29. The minimum atomic E-state index is 0.387. The first-order chi connectivity index (χ1) is 8.70. The monoisotopic (exact) mass is 260 g/mol. The molecule has 0 aliphatic heterocycles. The van der Waals surface area contributed by atoms with Crippen LogP contribution in [0.2, 0.25) is 0 Å². The number of hydrogen-bond acceptors (Lipinski definition) is 3. The van der Waals surface area contributed by atoms with Crippen molar-refractivity contribution in [2.24, 2.45) is 0 Å². The van der Waals surface area contributed by atoms with E-state index in [9.17, 15) is 0 Å². The molecular weight excluding hydrogens is 240 g/mol. The summed E-state index contributed by atoms with van der Waals surface area (Å²) in [6.45, 7) is 4.13. The van der Waals surface area contributed by atoms with Crippen molar-refractivity contribution in [2.75, 3.05) is 7.05 Å². The van der Waals surface area contributed by atoms with Crippen LogP contribution in [0.5, 0.6) is 0 Å². The molecule has 0 amide bonds. The Morgan fingerprint density at radius 2 is 2.11 bits per heavy atom. The van der Waals surface area contributed by atoms with Crippen molar-refractivity contribution in [2.45, 2.75) is 32.7 Å². The van der Waals surface area contributed by atoms with Gasteiger partial charge in [0, 0.05) is 17.4 Å². The molecule has 0 aliphatic rings. The predicted molar refractivity (Wildman–Crippen MR) is 78.2 cm³/mol. The quantitative estimate of drug-likeness (QED) is 0.887. The molecule has 0 radical (unpaired) electrons. The summed E-state index contributed by atoms with van der Waals surface area (Å²) in [7, 11) is 2.03. The van der Waals surface area contributed by atoms with Crippen molar-refractivity contribution in [3.63, 3.8) is 0 Å². The molecule has 1 N–H and O–H groups in total. The van der Waals surface area contributed by atoms with Crippen LogP contribution < -0.4 is 5.32 Å². The fourth-order valence-corrected chi connectivity index (χ4v) is 2.97. The predicted octanol–water partition coefficient (Wildman–Crippen LogP) is 3.65. The van der Waals surface area contributed by atoms with Gasteiger partial charge in [-0.05, 0) is 67.8 Å². The Hall–Kier alpha value is -1.19. The molecule has 18 heavy (non-hydrogen) atoms. The molecule has 0 spiro atoms. The minimum absolute atomic E-state index is 0.387. The van der Waals surface area contributed by atoms with Gasteiger partial charge in [-0.2, -0.15) is 11.3 Å². The standard InChI is InChI=1S/C15H20N2S/c1-11-4-6-14(12(2)17-11)15(16-3)7-5-13-8-9-18-10-13/h4,6,8-10,15-16H,5,7H2,1-3H3. The van der Waals surface area contributed by atoms with Crippen LogP contribution in [0.15, 0.2) is 29.0 Å². The lowest BCUT2D eigenvalue weighted by atomic mass is 9.99. The second-order valence-electron chi connectivity index (χ2n) is 4.64. The Labute approximate surface area is 113 Å². The first-order valence-electron chi connectivity index (χ1n) is 6.33. The first kappa shape index (κ1) is 13.2. The van der Waals surface area contributed by atoms with Crippen molar-refractivity contribution in [3.05, 3.63) is 51.5 Å². The van der Waals surface area contributed by atoms with E-state index in [4.69, 9.17) is 0 Å². The van der Waals surface area contributed by atoms with E-state index >= 15 is 0 Å². The van der Waals surface area contributed by atoms with E-state index in [0.29, 0.717) is 6.04 Å². The summed E-state index contributed by atoms with van der Waals surface area (Å²) < 4.78 is 0. The van der Waals surface area contributed by atoms with Crippen LogP contribution in [0.4, 0.5) is 0 Å². The third kappa shape index (κ3) is 3.18. The summed E-state index contributed by atoms with van der Waals surface area (Å²) in [6, 6.07) is 6.89.